The fourth-order valence-corrected chi connectivity index (χ4v) is 3.67. The quantitative estimate of drug-likeness (QED) is 0.268. The lowest BCUT2D eigenvalue weighted by Crippen LogP contribution is -1.99. The van der Waals surface area contributed by atoms with Crippen LogP contribution < -0.4 is 0 Å². The van der Waals surface area contributed by atoms with Crippen LogP contribution in [0.25, 0.3) is 0 Å². The number of benzene rings is 2. The smallest absolute Gasteiger partial charge is 0.132 e. The van der Waals surface area contributed by atoms with E-state index in [0.717, 1.165) is 49.7 Å². The molecular formula is C23H28Cl2O. The molecule has 2 atom stereocenters. The first-order valence-electron chi connectivity index (χ1n) is 9.56. The molecule has 0 saturated carbocycles. The number of rotatable bonds is 12. The van der Waals surface area contributed by atoms with Gasteiger partial charge in [0.1, 0.15) is 5.78 Å². The Kier molecular flexibility index (Phi) is 9.81. The second kappa shape index (κ2) is 12.1. The van der Waals surface area contributed by atoms with E-state index in [1.165, 1.54) is 0 Å². The van der Waals surface area contributed by atoms with E-state index in [1.807, 2.05) is 36.4 Å². The molecule has 0 fully saturated rings. The zero-order chi connectivity index (χ0) is 18.6. The average Bonchev–Trinajstić information content (AvgIpc) is 2.69. The van der Waals surface area contributed by atoms with E-state index in [2.05, 4.69) is 24.3 Å². The number of Topliss-reactive ketones (excluding diaryl/α,β-unsaturated/α-hetero) is 1. The van der Waals surface area contributed by atoms with E-state index < -0.39 is 0 Å². The Morgan fingerprint density at radius 1 is 0.654 bits per heavy atom. The van der Waals surface area contributed by atoms with Crippen LogP contribution >= 0.6 is 23.2 Å². The molecule has 0 aliphatic heterocycles. The van der Waals surface area contributed by atoms with Gasteiger partial charge in [0.05, 0.1) is 10.8 Å². The summed E-state index contributed by atoms with van der Waals surface area (Å²) in [5, 5.41) is 0.0925. The van der Waals surface area contributed by atoms with Crippen molar-refractivity contribution in [2.24, 2.45) is 0 Å². The maximum Gasteiger partial charge on any atom is 0.132 e. The number of unbranched alkanes of at least 4 members (excludes halogenated alkanes) is 2. The zero-order valence-corrected chi connectivity index (χ0v) is 16.8. The van der Waals surface area contributed by atoms with Crippen LogP contribution in [0.5, 0.6) is 0 Å². The minimum Gasteiger partial charge on any atom is -0.300 e. The van der Waals surface area contributed by atoms with Crippen molar-refractivity contribution >= 4 is 29.0 Å². The number of alkyl halides is 2. The van der Waals surface area contributed by atoms with Crippen molar-refractivity contribution in [2.75, 3.05) is 0 Å². The molecule has 26 heavy (non-hydrogen) atoms. The van der Waals surface area contributed by atoms with Gasteiger partial charge in [0.15, 0.2) is 0 Å². The summed E-state index contributed by atoms with van der Waals surface area (Å²) >= 11 is 12.8. The molecule has 3 heteroatoms. The fraction of sp³-hybridized carbons (Fsp3) is 0.435. The molecule has 1 nitrogen and oxygen atoms in total. The SMILES string of the molecule is O=C(CCCCC(Cl)c1ccccc1)CCCCC(Cl)c1ccccc1. The molecule has 0 radical (unpaired) electrons. The van der Waals surface area contributed by atoms with Gasteiger partial charge in [0.25, 0.3) is 0 Å². The van der Waals surface area contributed by atoms with E-state index in [9.17, 15) is 4.79 Å². The molecular weight excluding hydrogens is 363 g/mol. The third-order valence-corrected chi connectivity index (χ3v) is 5.59. The van der Waals surface area contributed by atoms with E-state index in [1.54, 1.807) is 0 Å². The van der Waals surface area contributed by atoms with Crippen LogP contribution in [0.4, 0.5) is 0 Å². The molecule has 0 amide bonds. The lowest BCUT2D eigenvalue weighted by Gasteiger charge is -2.10. The summed E-state index contributed by atoms with van der Waals surface area (Å²) in [4.78, 5) is 12.0. The van der Waals surface area contributed by atoms with Crippen molar-refractivity contribution in [1.82, 2.24) is 0 Å². The van der Waals surface area contributed by atoms with Gasteiger partial charge in [0.2, 0.25) is 0 Å². The summed E-state index contributed by atoms with van der Waals surface area (Å²) in [6.45, 7) is 0. The summed E-state index contributed by atoms with van der Waals surface area (Å²) in [5.74, 6) is 0.363. The third kappa shape index (κ3) is 7.93. The molecule has 0 N–H and O–H groups in total. The minimum atomic E-state index is 0.0462. The highest BCUT2D eigenvalue weighted by Gasteiger charge is 2.09. The summed E-state index contributed by atoms with van der Waals surface area (Å²) in [6.07, 6.45) is 7.02. The molecule has 0 saturated heterocycles. The molecule has 0 spiro atoms. The number of carbonyl (C=O) groups is 1. The molecule has 0 aliphatic carbocycles. The summed E-state index contributed by atoms with van der Waals surface area (Å²) in [6, 6.07) is 20.3. The Balaban J connectivity index is 1.51. The van der Waals surface area contributed by atoms with Crippen molar-refractivity contribution in [1.29, 1.82) is 0 Å². The molecule has 2 aromatic carbocycles. The minimum absolute atomic E-state index is 0.0462. The van der Waals surface area contributed by atoms with Crippen LogP contribution in [0, 0.1) is 0 Å². The molecule has 0 bridgehead atoms. The standard InChI is InChI=1S/C23H28Cl2O/c24-22(19-11-3-1-4-12-19)17-9-7-15-21(26)16-8-10-18-23(25)20-13-5-2-6-14-20/h1-6,11-14,22-23H,7-10,15-18H2. The van der Waals surface area contributed by atoms with Crippen molar-refractivity contribution in [2.45, 2.75) is 62.1 Å². The molecule has 2 unspecified atom stereocenters. The van der Waals surface area contributed by atoms with Gasteiger partial charge < -0.3 is 0 Å². The van der Waals surface area contributed by atoms with Crippen LogP contribution in [0.3, 0.4) is 0 Å². The van der Waals surface area contributed by atoms with Crippen LogP contribution in [-0.4, -0.2) is 5.78 Å². The molecule has 0 heterocycles. The fourth-order valence-electron chi connectivity index (χ4n) is 3.07. The first-order chi connectivity index (χ1) is 12.7. The third-order valence-electron chi connectivity index (χ3n) is 4.65. The number of ketones is 1. The summed E-state index contributed by atoms with van der Waals surface area (Å²) in [7, 11) is 0. The highest BCUT2D eigenvalue weighted by molar-refractivity contribution is 6.21. The van der Waals surface area contributed by atoms with Crippen molar-refractivity contribution in [3.63, 3.8) is 0 Å². The molecule has 2 aromatic rings. The molecule has 0 aromatic heterocycles. The van der Waals surface area contributed by atoms with E-state index in [0.29, 0.717) is 18.6 Å². The largest absolute Gasteiger partial charge is 0.300 e. The number of carbonyl (C=O) groups excluding carboxylic acids is 1. The van der Waals surface area contributed by atoms with Crippen LogP contribution in [0.15, 0.2) is 60.7 Å². The average molecular weight is 391 g/mol. The van der Waals surface area contributed by atoms with Crippen LogP contribution in [0.1, 0.15) is 73.2 Å². The van der Waals surface area contributed by atoms with Crippen LogP contribution in [0.2, 0.25) is 0 Å². The van der Waals surface area contributed by atoms with E-state index in [4.69, 9.17) is 23.2 Å². The Labute approximate surface area is 167 Å². The summed E-state index contributed by atoms with van der Waals surface area (Å²) in [5.41, 5.74) is 2.32. The van der Waals surface area contributed by atoms with Crippen molar-refractivity contribution < 1.29 is 4.79 Å². The maximum absolute atomic E-state index is 12.0. The topological polar surface area (TPSA) is 17.1 Å². The van der Waals surface area contributed by atoms with Gasteiger partial charge in [-0.05, 0) is 36.8 Å². The first-order valence-corrected chi connectivity index (χ1v) is 10.4. The second-order valence-electron chi connectivity index (χ2n) is 6.79. The highest BCUT2D eigenvalue weighted by Crippen LogP contribution is 2.27. The van der Waals surface area contributed by atoms with Gasteiger partial charge in [-0.3, -0.25) is 4.79 Å². The summed E-state index contributed by atoms with van der Waals surface area (Å²) < 4.78 is 0. The normalized spacial score (nSPS) is 13.3. The first kappa shape index (κ1) is 21.0. The number of halogens is 2. The van der Waals surface area contributed by atoms with Crippen LogP contribution in [-0.2, 0) is 4.79 Å². The predicted octanol–water partition coefficient (Wildman–Crippen LogP) is 7.64. The molecule has 2 rings (SSSR count). The monoisotopic (exact) mass is 390 g/mol. The second-order valence-corrected chi connectivity index (χ2v) is 7.84. The maximum atomic E-state index is 12.0. The van der Waals surface area contributed by atoms with Gasteiger partial charge in [-0.2, -0.15) is 0 Å². The van der Waals surface area contributed by atoms with Gasteiger partial charge in [0, 0.05) is 12.8 Å². The van der Waals surface area contributed by atoms with Gasteiger partial charge in [-0.1, -0.05) is 73.5 Å². The highest BCUT2D eigenvalue weighted by atomic mass is 35.5. The molecule has 0 aliphatic rings. The Bertz CT molecular complexity index is 572. The lowest BCUT2D eigenvalue weighted by atomic mass is 10.0. The predicted molar refractivity (Wildman–Crippen MR) is 112 cm³/mol. The number of hydrogen-bond donors (Lipinski definition) is 0. The van der Waals surface area contributed by atoms with E-state index in [-0.39, 0.29) is 10.8 Å². The number of hydrogen-bond acceptors (Lipinski definition) is 1. The zero-order valence-electron chi connectivity index (χ0n) is 15.2. The van der Waals surface area contributed by atoms with E-state index >= 15 is 0 Å². The van der Waals surface area contributed by atoms with Gasteiger partial charge >= 0.3 is 0 Å². The van der Waals surface area contributed by atoms with Gasteiger partial charge in [-0.25, -0.2) is 0 Å². The Hall–Kier alpha value is -1.31. The van der Waals surface area contributed by atoms with Gasteiger partial charge in [-0.15, -0.1) is 23.2 Å². The molecule has 140 valence electrons. The Morgan fingerprint density at radius 2 is 1.04 bits per heavy atom. The lowest BCUT2D eigenvalue weighted by molar-refractivity contribution is -0.119. The Morgan fingerprint density at radius 3 is 1.42 bits per heavy atom. The van der Waals surface area contributed by atoms with Crippen molar-refractivity contribution in [3.8, 4) is 0 Å². The van der Waals surface area contributed by atoms with Crippen molar-refractivity contribution in [3.05, 3.63) is 71.8 Å².